The van der Waals surface area contributed by atoms with Gasteiger partial charge in [0, 0.05) is 19.1 Å². The number of carbonyl (C=O) groups excluding carboxylic acids is 2. The van der Waals surface area contributed by atoms with E-state index in [1.54, 1.807) is 11.0 Å². The van der Waals surface area contributed by atoms with Gasteiger partial charge >= 0.3 is 6.09 Å². The normalized spacial score (nSPS) is 17.9. The highest BCUT2D eigenvalue weighted by Gasteiger charge is 2.23. The maximum absolute atomic E-state index is 12.2. The van der Waals surface area contributed by atoms with Crippen LogP contribution in [0.4, 0.5) is 4.79 Å². The molecule has 0 spiro atoms. The van der Waals surface area contributed by atoms with E-state index in [1.165, 1.54) is 0 Å². The maximum Gasteiger partial charge on any atom is 0.410 e. The predicted molar refractivity (Wildman–Crippen MR) is 89.0 cm³/mol. The van der Waals surface area contributed by atoms with E-state index < -0.39 is 0 Å². The Morgan fingerprint density at radius 1 is 1.30 bits per heavy atom. The number of likely N-dealkylation sites (tertiary alicyclic amines) is 1. The van der Waals surface area contributed by atoms with E-state index in [9.17, 15) is 9.59 Å². The summed E-state index contributed by atoms with van der Waals surface area (Å²) >= 11 is 0. The number of hydrogen-bond acceptors (Lipinski definition) is 3. The van der Waals surface area contributed by atoms with Crippen LogP contribution in [0.15, 0.2) is 43.0 Å². The fourth-order valence-corrected chi connectivity index (χ4v) is 2.71. The van der Waals surface area contributed by atoms with Crippen molar-refractivity contribution in [3.63, 3.8) is 0 Å². The molecule has 1 aromatic rings. The molecule has 0 aromatic heterocycles. The van der Waals surface area contributed by atoms with E-state index in [4.69, 9.17) is 4.74 Å². The van der Waals surface area contributed by atoms with Gasteiger partial charge in [0.25, 0.3) is 0 Å². The van der Waals surface area contributed by atoms with Crippen LogP contribution in [0.2, 0.25) is 0 Å². The van der Waals surface area contributed by atoms with Crippen molar-refractivity contribution in [3.05, 3.63) is 48.6 Å². The molecule has 1 saturated heterocycles. The Hall–Kier alpha value is -2.30. The zero-order valence-electron chi connectivity index (χ0n) is 13.4. The highest BCUT2D eigenvalue weighted by atomic mass is 16.6. The van der Waals surface area contributed by atoms with Crippen molar-refractivity contribution < 1.29 is 14.3 Å². The minimum atomic E-state index is -0.339. The van der Waals surface area contributed by atoms with Crippen LogP contribution in [0.25, 0.3) is 0 Å². The van der Waals surface area contributed by atoms with Gasteiger partial charge in [-0.3, -0.25) is 4.79 Å². The van der Waals surface area contributed by atoms with Gasteiger partial charge in [-0.25, -0.2) is 4.79 Å². The molecular weight excluding hydrogens is 292 g/mol. The van der Waals surface area contributed by atoms with Crippen molar-refractivity contribution in [2.75, 3.05) is 19.7 Å². The average molecular weight is 316 g/mol. The third-order valence-corrected chi connectivity index (χ3v) is 3.83. The standard InChI is InChI=1S/C18H24N2O3/c1-2-12-23-18(22)20-11-7-6-10-16(14-20)19-17(21)13-15-8-4-3-5-9-15/h2-5,8-9,16H,1,6-7,10-14H2,(H,19,21). The van der Waals surface area contributed by atoms with E-state index in [2.05, 4.69) is 11.9 Å². The molecule has 1 aliphatic rings. The molecule has 1 aliphatic heterocycles. The van der Waals surface area contributed by atoms with Crippen molar-refractivity contribution in [2.24, 2.45) is 0 Å². The summed E-state index contributed by atoms with van der Waals surface area (Å²) in [7, 11) is 0. The number of nitrogens with one attached hydrogen (secondary N) is 1. The molecule has 2 rings (SSSR count). The third-order valence-electron chi connectivity index (χ3n) is 3.83. The summed E-state index contributed by atoms with van der Waals surface area (Å²) in [5, 5.41) is 3.04. The topological polar surface area (TPSA) is 58.6 Å². The third kappa shape index (κ3) is 5.77. The minimum absolute atomic E-state index is 0.0116. The lowest BCUT2D eigenvalue weighted by Gasteiger charge is -2.24. The predicted octanol–water partition coefficient (Wildman–Crippen LogP) is 2.52. The fourth-order valence-electron chi connectivity index (χ4n) is 2.71. The van der Waals surface area contributed by atoms with Gasteiger partial charge in [0.1, 0.15) is 6.61 Å². The van der Waals surface area contributed by atoms with Crippen LogP contribution in [0, 0.1) is 0 Å². The number of nitrogens with zero attached hydrogens (tertiary/aromatic N) is 1. The number of ether oxygens (including phenoxy) is 1. The van der Waals surface area contributed by atoms with Crippen LogP contribution in [0.3, 0.4) is 0 Å². The molecule has 2 amide bonds. The summed E-state index contributed by atoms with van der Waals surface area (Å²) in [6.45, 7) is 4.91. The van der Waals surface area contributed by atoms with E-state index in [0.29, 0.717) is 19.5 Å². The summed E-state index contributed by atoms with van der Waals surface area (Å²) in [6, 6.07) is 9.62. The first kappa shape index (κ1) is 17.1. The quantitative estimate of drug-likeness (QED) is 0.849. The van der Waals surface area contributed by atoms with E-state index >= 15 is 0 Å². The smallest absolute Gasteiger partial charge is 0.410 e. The molecule has 5 nitrogen and oxygen atoms in total. The second kappa shape index (κ2) is 8.98. The van der Waals surface area contributed by atoms with E-state index in [1.807, 2.05) is 30.3 Å². The van der Waals surface area contributed by atoms with Crippen LogP contribution >= 0.6 is 0 Å². The first-order chi connectivity index (χ1) is 11.2. The zero-order valence-corrected chi connectivity index (χ0v) is 13.4. The van der Waals surface area contributed by atoms with Crippen LogP contribution in [0.1, 0.15) is 24.8 Å². The Morgan fingerprint density at radius 2 is 2.09 bits per heavy atom. The fraction of sp³-hybridized carbons (Fsp3) is 0.444. The van der Waals surface area contributed by atoms with Gasteiger partial charge < -0.3 is 15.0 Å². The summed E-state index contributed by atoms with van der Waals surface area (Å²) in [4.78, 5) is 25.8. The first-order valence-electron chi connectivity index (χ1n) is 8.05. The van der Waals surface area contributed by atoms with Crippen LogP contribution in [-0.2, 0) is 16.0 Å². The van der Waals surface area contributed by atoms with Crippen molar-refractivity contribution >= 4 is 12.0 Å². The van der Waals surface area contributed by atoms with Gasteiger partial charge in [0.15, 0.2) is 0 Å². The molecule has 0 saturated carbocycles. The van der Waals surface area contributed by atoms with Crippen molar-refractivity contribution in [2.45, 2.75) is 31.7 Å². The summed E-state index contributed by atoms with van der Waals surface area (Å²) in [5.41, 5.74) is 0.987. The zero-order chi connectivity index (χ0) is 16.5. The van der Waals surface area contributed by atoms with E-state index in [-0.39, 0.29) is 24.6 Å². The molecule has 1 aromatic carbocycles. The van der Waals surface area contributed by atoms with Gasteiger partial charge in [-0.15, -0.1) is 0 Å². The summed E-state index contributed by atoms with van der Waals surface area (Å²) < 4.78 is 5.09. The lowest BCUT2D eigenvalue weighted by Crippen LogP contribution is -2.45. The van der Waals surface area contributed by atoms with Crippen molar-refractivity contribution in [1.82, 2.24) is 10.2 Å². The Morgan fingerprint density at radius 3 is 2.83 bits per heavy atom. The Balaban J connectivity index is 1.86. The highest BCUT2D eigenvalue weighted by molar-refractivity contribution is 5.79. The van der Waals surface area contributed by atoms with Gasteiger partial charge in [-0.05, 0) is 24.8 Å². The monoisotopic (exact) mass is 316 g/mol. The van der Waals surface area contributed by atoms with E-state index in [0.717, 1.165) is 24.8 Å². The highest BCUT2D eigenvalue weighted by Crippen LogP contribution is 2.12. The van der Waals surface area contributed by atoms with Gasteiger partial charge in [0.05, 0.1) is 6.42 Å². The number of carbonyl (C=O) groups is 2. The first-order valence-corrected chi connectivity index (χ1v) is 8.05. The van der Waals surface area contributed by atoms with Gasteiger partial charge in [-0.1, -0.05) is 43.0 Å². The Labute approximate surface area is 137 Å². The molecule has 1 atom stereocenters. The van der Waals surface area contributed by atoms with Crippen molar-refractivity contribution in [3.8, 4) is 0 Å². The van der Waals surface area contributed by atoms with Crippen LogP contribution in [0.5, 0.6) is 0 Å². The maximum atomic E-state index is 12.2. The van der Waals surface area contributed by atoms with Crippen molar-refractivity contribution in [1.29, 1.82) is 0 Å². The number of amides is 2. The molecule has 0 bridgehead atoms. The number of rotatable bonds is 5. The minimum Gasteiger partial charge on any atom is -0.445 e. The number of hydrogen-bond donors (Lipinski definition) is 1. The molecule has 0 aliphatic carbocycles. The van der Waals surface area contributed by atoms with Crippen LogP contribution in [-0.4, -0.2) is 42.6 Å². The average Bonchev–Trinajstić information content (AvgIpc) is 2.79. The largest absolute Gasteiger partial charge is 0.445 e. The molecule has 1 fully saturated rings. The lowest BCUT2D eigenvalue weighted by molar-refractivity contribution is -0.121. The molecular formula is C18H24N2O3. The Kier molecular flexibility index (Phi) is 6.66. The number of benzene rings is 1. The molecule has 1 unspecified atom stereocenters. The molecule has 23 heavy (non-hydrogen) atoms. The summed E-state index contributed by atoms with van der Waals surface area (Å²) in [6.07, 6.45) is 4.36. The second-order valence-electron chi connectivity index (χ2n) is 5.73. The van der Waals surface area contributed by atoms with Gasteiger partial charge in [0.2, 0.25) is 5.91 Å². The Bertz CT molecular complexity index is 530. The molecule has 0 radical (unpaired) electrons. The molecule has 1 N–H and O–H groups in total. The SMILES string of the molecule is C=CCOC(=O)N1CCCCC(NC(=O)Cc2ccccc2)C1. The second-order valence-corrected chi connectivity index (χ2v) is 5.73. The lowest BCUT2D eigenvalue weighted by atomic mass is 10.1. The van der Waals surface area contributed by atoms with Crippen LogP contribution < -0.4 is 5.32 Å². The van der Waals surface area contributed by atoms with Gasteiger partial charge in [-0.2, -0.15) is 0 Å². The molecule has 124 valence electrons. The molecule has 1 heterocycles. The summed E-state index contributed by atoms with van der Waals surface area (Å²) in [5.74, 6) is -0.0116. The molecule has 5 heteroatoms.